The van der Waals surface area contributed by atoms with Gasteiger partial charge in [0, 0.05) is 36.2 Å². The third kappa shape index (κ3) is 3.01. The molecular formula is C28H38N2O2. The standard InChI is InChI=1S/C28H38N2O2/c1-17-8-6-7-9-23(17)29-26(32)22-11-10-20-19-16-18(2)25-28(4,15-13-24(31)30(25)5)21(19)12-14-27(20,22)3/h6-9,19-22H,10-16H2,1-5H3,(H,29,32)/t19-,20-,21-,22+,27-,28+/m0/s1. The predicted octanol–water partition coefficient (Wildman–Crippen LogP) is 5.93. The van der Waals surface area contributed by atoms with E-state index in [2.05, 4.69) is 39.1 Å². The van der Waals surface area contributed by atoms with Crippen molar-refractivity contribution in [2.45, 2.75) is 72.6 Å². The lowest BCUT2D eigenvalue weighted by Gasteiger charge is -2.59. The largest absolute Gasteiger partial charge is 0.326 e. The second-order valence-electron chi connectivity index (χ2n) is 11.6. The Labute approximate surface area is 192 Å². The molecule has 0 aromatic heterocycles. The second kappa shape index (κ2) is 7.46. The van der Waals surface area contributed by atoms with Gasteiger partial charge in [-0.2, -0.15) is 0 Å². The van der Waals surface area contributed by atoms with Crippen LogP contribution >= 0.6 is 0 Å². The summed E-state index contributed by atoms with van der Waals surface area (Å²) in [6.45, 7) is 9.13. The van der Waals surface area contributed by atoms with Gasteiger partial charge in [0.1, 0.15) is 0 Å². The highest BCUT2D eigenvalue weighted by atomic mass is 16.2. The summed E-state index contributed by atoms with van der Waals surface area (Å²) in [5.41, 5.74) is 4.94. The van der Waals surface area contributed by atoms with Crippen LogP contribution in [-0.4, -0.2) is 23.8 Å². The Morgan fingerprint density at radius 2 is 1.81 bits per heavy atom. The van der Waals surface area contributed by atoms with Crippen molar-refractivity contribution in [1.29, 1.82) is 0 Å². The third-order valence-electron chi connectivity index (χ3n) is 10.0. The first kappa shape index (κ1) is 21.7. The Morgan fingerprint density at radius 1 is 1.06 bits per heavy atom. The van der Waals surface area contributed by atoms with Gasteiger partial charge in [-0.25, -0.2) is 0 Å². The number of benzene rings is 1. The Bertz CT molecular complexity index is 997. The Morgan fingerprint density at radius 3 is 2.56 bits per heavy atom. The van der Waals surface area contributed by atoms with Gasteiger partial charge in [-0.05, 0) is 87.2 Å². The molecule has 0 bridgehead atoms. The van der Waals surface area contributed by atoms with Crippen LogP contribution in [0.5, 0.6) is 0 Å². The van der Waals surface area contributed by atoms with Crippen molar-refractivity contribution < 1.29 is 9.59 Å². The van der Waals surface area contributed by atoms with Crippen LogP contribution in [0.3, 0.4) is 0 Å². The number of hydrogen-bond donors (Lipinski definition) is 1. The predicted molar refractivity (Wildman–Crippen MR) is 128 cm³/mol. The first-order valence-electron chi connectivity index (χ1n) is 12.5. The lowest BCUT2D eigenvalue weighted by Crippen LogP contribution is -2.54. The number of aryl methyl sites for hydroxylation is 1. The fraction of sp³-hybridized carbons (Fsp3) is 0.643. The van der Waals surface area contributed by atoms with Crippen LogP contribution in [0.25, 0.3) is 0 Å². The maximum Gasteiger partial charge on any atom is 0.228 e. The molecule has 1 aromatic carbocycles. The molecule has 4 heteroatoms. The van der Waals surface area contributed by atoms with Gasteiger partial charge in [-0.1, -0.05) is 37.6 Å². The molecule has 32 heavy (non-hydrogen) atoms. The van der Waals surface area contributed by atoms with Gasteiger partial charge in [-0.15, -0.1) is 0 Å². The van der Waals surface area contributed by atoms with Crippen molar-refractivity contribution >= 4 is 17.5 Å². The van der Waals surface area contributed by atoms with E-state index in [1.165, 1.54) is 17.7 Å². The summed E-state index contributed by atoms with van der Waals surface area (Å²) < 4.78 is 0. The molecule has 3 aliphatic carbocycles. The van der Waals surface area contributed by atoms with Crippen molar-refractivity contribution in [2.75, 3.05) is 12.4 Å². The maximum absolute atomic E-state index is 13.5. The SMILES string of the molecule is CC1=C2N(C)C(=O)CC[C@]2(C)[C@H]2CC[C@]3(C)[C@@H](C(=O)Nc4ccccc4C)CC[C@H]3[C@@H]2C1. The number of carbonyl (C=O) groups is 2. The first-order valence-corrected chi connectivity index (χ1v) is 12.5. The maximum atomic E-state index is 13.5. The molecule has 6 atom stereocenters. The number of amides is 2. The van der Waals surface area contributed by atoms with Crippen LogP contribution < -0.4 is 5.32 Å². The van der Waals surface area contributed by atoms with Gasteiger partial charge in [0.2, 0.25) is 11.8 Å². The normalized spacial score (nSPS) is 38.8. The van der Waals surface area contributed by atoms with Crippen LogP contribution in [0.2, 0.25) is 0 Å². The van der Waals surface area contributed by atoms with Gasteiger partial charge < -0.3 is 10.2 Å². The first-order chi connectivity index (χ1) is 15.2. The van der Waals surface area contributed by atoms with Gasteiger partial charge in [0.05, 0.1) is 0 Å². The molecule has 2 amide bonds. The summed E-state index contributed by atoms with van der Waals surface area (Å²) in [6.07, 6.45) is 7.15. The summed E-state index contributed by atoms with van der Waals surface area (Å²) in [4.78, 5) is 27.9. The molecule has 172 valence electrons. The van der Waals surface area contributed by atoms with Gasteiger partial charge in [0.25, 0.3) is 0 Å². The number of carbonyl (C=O) groups excluding carboxylic acids is 2. The summed E-state index contributed by atoms with van der Waals surface area (Å²) >= 11 is 0. The molecule has 0 spiro atoms. The summed E-state index contributed by atoms with van der Waals surface area (Å²) in [7, 11) is 1.98. The highest BCUT2D eigenvalue weighted by molar-refractivity contribution is 5.94. The van der Waals surface area contributed by atoms with E-state index in [1.807, 2.05) is 30.1 Å². The van der Waals surface area contributed by atoms with Crippen LogP contribution in [0.15, 0.2) is 35.5 Å². The Hall–Kier alpha value is -2.10. The minimum absolute atomic E-state index is 0.0679. The van der Waals surface area contributed by atoms with E-state index in [4.69, 9.17) is 0 Å². The minimum atomic E-state index is 0.0679. The molecule has 5 rings (SSSR count). The van der Waals surface area contributed by atoms with Crippen molar-refractivity contribution in [3.63, 3.8) is 0 Å². The molecule has 1 N–H and O–H groups in total. The molecule has 1 aromatic rings. The van der Waals surface area contributed by atoms with Crippen LogP contribution in [0.4, 0.5) is 5.69 Å². The molecule has 3 fully saturated rings. The Kier molecular flexibility index (Phi) is 5.07. The molecule has 0 unspecified atom stereocenters. The van der Waals surface area contributed by atoms with Crippen LogP contribution in [-0.2, 0) is 9.59 Å². The summed E-state index contributed by atoms with van der Waals surface area (Å²) in [5, 5.41) is 3.26. The minimum Gasteiger partial charge on any atom is -0.326 e. The van der Waals surface area contributed by atoms with E-state index in [0.717, 1.165) is 43.4 Å². The zero-order valence-electron chi connectivity index (χ0n) is 20.3. The smallest absolute Gasteiger partial charge is 0.228 e. The Balaban J connectivity index is 1.42. The summed E-state index contributed by atoms with van der Waals surface area (Å²) in [6, 6.07) is 8.08. The van der Waals surface area contributed by atoms with Crippen molar-refractivity contribution in [1.82, 2.24) is 4.90 Å². The number of para-hydroxylation sites is 1. The summed E-state index contributed by atoms with van der Waals surface area (Å²) in [5.74, 6) is 2.39. The average Bonchev–Trinajstić information content (AvgIpc) is 3.10. The third-order valence-corrected chi connectivity index (χ3v) is 10.0. The molecule has 0 radical (unpaired) electrons. The van der Waals surface area contributed by atoms with Crippen LogP contribution in [0.1, 0.15) is 71.3 Å². The van der Waals surface area contributed by atoms with E-state index < -0.39 is 0 Å². The van der Waals surface area contributed by atoms with E-state index in [1.54, 1.807) is 0 Å². The fourth-order valence-electron chi connectivity index (χ4n) is 8.47. The topological polar surface area (TPSA) is 49.4 Å². The zero-order valence-corrected chi connectivity index (χ0v) is 20.3. The molecular weight excluding hydrogens is 396 g/mol. The van der Waals surface area contributed by atoms with Gasteiger partial charge in [-0.3, -0.25) is 9.59 Å². The number of fused-ring (bicyclic) bond motifs is 5. The highest BCUT2D eigenvalue weighted by Gasteiger charge is 2.61. The fourth-order valence-corrected chi connectivity index (χ4v) is 8.47. The number of anilines is 1. The molecule has 1 saturated heterocycles. The van der Waals surface area contributed by atoms with E-state index in [9.17, 15) is 9.59 Å². The van der Waals surface area contributed by atoms with Crippen molar-refractivity contribution in [3.05, 3.63) is 41.1 Å². The van der Waals surface area contributed by atoms with Gasteiger partial charge >= 0.3 is 0 Å². The highest BCUT2D eigenvalue weighted by Crippen LogP contribution is 2.66. The van der Waals surface area contributed by atoms with Crippen molar-refractivity contribution in [2.24, 2.45) is 34.5 Å². The number of nitrogens with zero attached hydrogens (tertiary/aromatic N) is 1. The van der Waals surface area contributed by atoms with Gasteiger partial charge in [0.15, 0.2) is 0 Å². The lowest BCUT2D eigenvalue weighted by atomic mass is 9.48. The molecule has 2 saturated carbocycles. The number of piperidine rings is 1. The van der Waals surface area contributed by atoms with Crippen LogP contribution in [0, 0.1) is 41.4 Å². The second-order valence-corrected chi connectivity index (χ2v) is 11.6. The number of allylic oxidation sites excluding steroid dienone is 2. The number of hydrogen-bond acceptors (Lipinski definition) is 2. The number of rotatable bonds is 2. The monoisotopic (exact) mass is 434 g/mol. The number of likely N-dealkylation sites (tertiary alicyclic amines) is 1. The number of nitrogens with one attached hydrogen (secondary N) is 1. The van der Waals surface area contributed by atoms with Crippen molar-refractivity contribution in [3.8, 4) is 0 Å². The molecule has 4 aliphatic rings. The average molecular weight is 435 g/mol. The lowest BCUT2D eigenvalue weighted by molar-refractivity contribution is -0.137. The van der Waals surface area contributed by atoms with E-state index in [-0.39, 0.29) is 28.6 Å². The molecule has 1 aliphatic heterocycles. The molecule has 4 nitrogen and oxygen atoms in total. The molecule has 1 heterocycles. The van der Waals surface area contributed by atoms with E-state index >= 15 is 0 Å². The van der Waals surface area contributed by atoms with E-state index in [0.29, 0.717) is 24.2 Å². The zero-order chi connectivity index (χ0) is 22.8. The quantitative estimate of drug-likeness (QED) is 0.627.